The number of likely N-dealkylation sites (tertiary alicyclic amines) is 1. The van der Waals surface area contributed by atoms with Gasteiger partial charge in [-0.15, -0.1) is 0 Å². The Labute approximate surface area is 147 Å². The zero-order chi connectivity index (χ0) is 16.7. The van der Waals surface area contributed by atoms with E-state index >= 15 is 0 Å². The van der Waals surface area contributed by atoms with E-state index in [4.69, 9.17) is 4.74 Å². The summed E-state index contributed by atoms with van der Waals surface area (Å²) in [5.41, 5.74) is 1.13. The summed E-state index contributed by atoms with van der Waals surface area (Å²) in [7, 11) is 0. The van der Waals surface area contributed by atoms with E-state index in [9.17, 15) is 9.90 Å². The van der Waals surface area contributed by atoms with Gasteiger partial charge in [0.15, 0.2) is 0 Å². The van der Waals surface area contributed by atoms with Crippen molar-refractivity contribution in [1.82, 2.24) is 4.90 Å². The lowest BCUT2D eigenvalue weighted by molar-refractivity contribution is -0.143. The molecule has 1 atom stereocenters. The number of hydrogen-bond donors (Lipinski definition) is 1. The molecule has 0 aromatic heterocycles. The van der Waals surface area contributed by atoms with E-state index in [-0.39, 0.29) is 5.92 Å². The van der Waals surface area contributed by atoms with Crippen molar-refractivity contribution < 1.29 is 14.6 Å². The van der Waals surface area contributed by atoms with E-state index in [1.165, 1.54) is 12.8 Å². The summed E-state index contributed by atoms with van der Waals surface area (Å²) < 4.78 is 6.97. The summed E-state index contributed by atoms with van der Waals surface area (Å²) in [6, 6.07) is 6.08. The zero-order valence-electron chi connectivity index (χ0n) is 13.8. The number of unbranched alkanes of at least 4 members (excludes halogenated alkanes) is 2. The van der Waals surface area contributed by atoms with E-state index in [1.807, 2.05) is 12.1 Å². The predicted octanol–water partition coefficient (Wildman–Crippen LogP) is 4.31. The van der Waals surface area contributed by atoms with Crippen LogP contribution in [0.25, 0.3) is 0 Å². The number of hydrogen-bond acceptors (Lipinski definition) is 3. The molecule has 2 rings (SSSR count). The van der Waals surface area contributed by atoms with Crippen molar-refractivity contribution in [2.24, 2.45) is 5.92 Å². The molecule has 0 bridgehead atoms. The Kier molecular flexibility index (Phi) is 7.37. The first-order valence-corrected chi connectivity index (χ1v) is 9.26. The molecule has 1 heterocycles. The van der Waals surface area contributed by atoms with Crippen molar-refractivity contribution >= 4 is 21.9 Å². The minimum absolute atomic E-state index is 0.246. The fraction of sp³-hybridized carbons (Fsp3) is 0.611. The van der Waals surface area contributed by atoms with Crippen LogP contribution in [0.15, 0.2) is 22.7 Å². The second-order valence-corrected chi connectivity index (χ2v) is 7.14. The first-order valence-electron chi connectivity index (χ1n) is 8.46. The smallest absolute Gasteiger partial charge is 0.307 e. The maximum absolute atomic E-state index is 11.2. The number of carboxylic acids is 1. The Morgan fingerprint density at radius 3 is 3.00 bits per heavy atom. The summed E-state index contributed by atoms with van der Waals surface area (Å²) in [6.45, 7) is 5.23. The molecule has 4 nitrogen and oxygen atoms in total. The Morgan fingerprint density at radius 2 is 2.26 bits per heavy atom. The second-order valence-electron chi connectivity index (χ2n) is 6.22. The maximum Gasteiger partial charge on any atom is 0.307 e. The van der Waals surface area contributed by atoms with Crippen LogP contribution < -0.4 is 4.74 Å². The molecule has 0 saturated carbocycles. The molecular weight excluding hydrogens is 358 g/mol. The molecule has 1 aliphatic rings. The third kappa shape index (κ3) is 5.81. The van der Waals surface area contributed by atoms with Crippen LogP contribution in [0.5, 0.6) is 5.75 Å². The number of carboxylic acid groups (broad SMARTS) is 1. The summed E-state index contributed by atoms with van der Waals surface area (Å²) in [6.07, 6.45) is 5.15. The lowest BCUT2D eigenvalue weighted by Gasteiger charge is -2.31. The topological polar surface area (TPSA) is 49.8 Å². The van der Waals surface area contributed by atoms with Crippen molar-refractivity contribution in [2.75, 3.05) is 19.7 Å². The number of ether oxygens (including phenoxy) is 1. The molecule has 1 aromatic rings. The monoisotopic (exact) mass is 383 g/mol. The van der Waals surface area contributed by atoms with Crippen molar-refractivity contribution in [3.8, 4) is 5.75 Å². The average Bonchev–Trinajstić information content (AvgIpc) is 2.53. The largest absolute Gasteiger partial charge is 0.493 e. The lowest BCUT2D eigenvalue weighted by Crippen LogP contribution is -2.38. The molecule has 1 unspecified atom stereocenters. The number of nitrogens with zero attached hydrogens (tertiary/aromatic N) is 1. The van der Waals surface area contributed by atoms with Gasteiger partial charge in [0.05, 0.1) is 12.5 Å². The van der Waals surface area contributed by atoms with Crippen molar-refractivity contribution in [3.05, 3.63) is 28.2 Å². The van der Waals surface area contributed by atoms with E-state index in [0.29, 0.717) is 6.54 Å². The highest BCUT2D eigenvalue weighted by Crippen LogP contribution is 2.27. The number of rotatable bonds is 8. The molecule has 0 radical (unpaired) electrons. The highest BCUT2D eigenvalue weighted by Gasteiger charge is 2.25. The van der Waals surface area contributed by atoms with Crippen LogP contribution in [0.1, 0.15) is 44.6 Å². The fourth-order valence-electron chi connectivity index (χ4n) is 2.99. The predicted molar refractivity (Wildman–Crippen MR) is 94.8 cm³/mol. The highest BCUT2D eigenvalue weighted by atomic mass is 79.9. The molecule has 0 amide bonds. The van der Waals surface area contributed by atoms with Gasteiger partial charge in [-0.05, 0) is 44.0 Å². The van der Waals surface area contributed by atoms with Gasteiger partial charge < -0.3 is 9.84 Å². The third-order valence-electron chi connectivity index (χ3n) is 4.28. The minimum atomic E-state index is -0.681. The van der Waals surface area contributed by atoms with Gasteiger partial charge in [0, 0.05) is 23.1 Å². The van der Waals surface area contributed by atoms with Crippen LogP contribution in [0.3, 0.4) is 0 Å². The molecule has 0 spiro atoms. The van der Waals surface area contributed by atoms with Crippen LogP contribution in [0.2, 0.25) is 0 Å². The van der Waals surface area contributed by atoms with E-state index in [1.54, 1.807) is 0 Å². The van der Waals surface area contributed by atoms with Crippen LogP contribution in [-0.4, -0.2) is 35.7 Å². The van der Waals surface area contributed by atoms with E-state index in [0.717, 1.165) is 54.7 Å². The normalized spacial score (nSPS) is 18.8. The Morgan fingerprint density at radius 1 is 1.43 bits per heavy atom. The van der Waals surface area contributed by atoms with Gasteiger partial charge in [-0.2, -0.15) is 0 Å². The van der Waals surface area contributed by atoms with E-state index in [2.05, 4.69) is 33.8 Å². The second kappa shape index (κ2) is 9.28. The van der Waals surface area contributed by atoms with Crippen LogP contribution in [0.4, 0.5) is 0 Å². The molecule has 0 aliphatic carbocycles. The van der Waals surface area contributed by atoms with Gasteiger partial charge in [0.1, 0.15) is 5.75 Å². The molecule has 23 heavy (non-hydrogen) atoms. The summed E-state index contributed by atoms with van der Waals surface area (Å²) in [5.74, 6) is -0.00782. The molecule has 1 aliphatic heterocycles. The van der Waals surface area contributed by atoms with Crippen LogP contribution >= 0.6 is 15.9 Å². The Bertz CT molecular complexity index is 521. The van der Waals surface area contributed by atoms with Gasteiger partial charge in [0.25, 0.3) is 0 Å². The molecule has 5 heteroatoms. The van der Waals surface area contributed by atoms with Gasteiger partial charge >= 0.3 is 5.97 Å². The summed E-state index contributed by atoms with van der Waals surface area (Å²) in [5, 5.41) is 9.23. The quantitative estimate of drug-likeness (QED) is 0.679. The molecular formula is C18H26BrNO3. The Hall–Kier alpha value is -1.07. The van der Waals surface area contributed by atoms with Gasteiger partial charge in [-0.3, -0.25) is 9.69 Å². The highest BCUT2D eigenvalue weighted by molar-refractivity contribution is 9.10. The summed E-state index contributed by atoms with van der Waals surface area (Å²) in [4.78, 5) is 13.4. The maximum atomic E-state index is 11.2. The van der Waals surface area contributed by atoms with Gasteiger partial charge in [-0.25, -0.2) is 0 Å². The van der Waals surface area contributed by atoms with Crippen LogP contribution in [0, 0.1) is 5.92 Å². The fourth-order valence-corrected chi connectivity index (χ4v) is 3.40. The molecule has 128 valence electrons. The van der Waals surface area contributed by atoms with Crippen molar-refractivity contribution in [1.29, 1.82) is 0 Å². The zero-order valence-corrected chi connectivity index (χ0v) is 15.3. The molecule has 1 fully saturated rings. The number of aliphatic carboxylic acids is 1. The SMILES string of the molecule is CCCCCOc1ccc(Br)cc1CN1CCCC(C(=O)O)C1. The number of carbonyl (C=O) groups is 1. The molecule has 1 saturated heterocycles. The standard InChI is InChI=1S/C18H26BrNO3/c1-2-3-4-10-23-17-8-7-16(19)11-15(17)13-20-9-5-6-14(12-20)18(21)22/h7-8,11,14H,2-6,9-10,12-13H2,1H3,(H,21,22). The summed E-state index contributed by atoms with van der Waals surface area (Å²) >= 11 is 3.52. The van der Waals surface area contributed by atoms with Gasteiger partial charge in [-0.1, -0.05) is 35.7 Å². The van der Waals surface area contributed by atoms with E-state index < -0.39 is 5.97 Å². The first-order chi connectivity index (χ1) is 11.1. The van der Waals surface area contributed by atoms with Crippen molar-refractivity contribution in [3.63, 3.8) is 0 Å². The number of halogens is 1. The Balaban J connectivity index is 1.99. The first kappa shape index (κ1) is 18.3. The third-order valence-corrected chi connectivity index (χ3v) is 4.77. The van der Waals surface area contributed by atoms with Crippen molar-refractivity contribution in [2.45, 2.75) is 45.6 Å². The van der Waals surface area contributed by atoms with Gasteiger partial charge in [0.2, 0.25) is 0 Å². The number of benzene rings is 1. The number of piperidine rings is 1. The minimum Gasteiger partial charge on any atom is -0.493 e. The molecule has 1 aromatic carbocycles. The average molecular weight is 384 g/mol. The molecule has 1 N–H and O–H groups in total. The van der Waals surface area contributed by atoms with Crippen LogP contribution in [-0.2, 0) is 11.3 Å². The lowest BCUT2D eigenvalue weighted by atomic mass is 9.98.